The number of nitrogens with zero attached hydrogens (tertiary/aromatic N) is 4. The predicted octanol–water partition coefficient (Wildman–Crippen LogP) is 5.19. The Morgan fingerprint density at radius 3 is 2.86 bits per heavy atom. The molecule has 1 saturated heterocycles. The average molecular weight is 467 g/mol. The summed E-state index contributed by atoms with van der Waals surface area (Å²) in [6.45, 7) is 6.50. The van der Waals surface area contributed by atoms with Gasteiger partial charge in [-0.25, -0.2) is 4.79 Å². The summed E-state index contributed by atoms with van der Waals surface area (Å²) in [4.78, 5) is 21.8. The first-order valence-corrected chi connectivity index (χ1v) is 12.4. The van der Waals surface area contributed by atoms with Crippen molar-refractivity contribution in [3.63, 3.8) is 0 Å². The van der Waals surface area contributed by atoms with Gasteiger partial charge in [0.1, 0.15) is 5.69 Å². The summed E-state index contributed by atoms with van der Waals surface area (Å²) in [6.07, 6.45) is 4.15. The Morgan fingerprint density at radius 1 is 1.11 bits per heavy atom. The third-order valence-corrected chi connectivity index (χ3v) is 7.18. The van der Waals surface area contributed by atoms with Crippen molar-refractivity contribution in [3.8, 4) is 11.3 Å². The molecule has 7 heteroatoms. The molecule has 0 saturated carbocycles. The number of nitrogens with one attached hydrogen (secondary N) is 2. The Morgan fingerprint density at radius 2 is 2.00 bits per heavy atom. The number of benzene rings is 2. The molecule has 6 rings (SSSR count). The molecule has 1 fully saturated rings. The Balaban J connectivity index is 1.19. The number of piperidine rings is 1. The molecule has 1 unspecified atom stereocenters. The molecular weight excluding hydrogens is 436 g/mol. The van der Waals surface area contributed by atoms with Gasteiger partial charge in [0.05, 0.1) is 5.52 Å². The first-order chi connectivity index (χ1) is 17.1. The fourth-order valence-electron chi connectivity index (χ4n) is 5.49. The van der Waals surface area contributed by atoms with Gasteiger partial charge in [-0.2, -0.15) is 5.10 Å². The summed E-state index contributed by atoms with van der Waals surface area (Å²) in [7, 11) is 0. The number of likely N-dealkylation sites (tertiary alicyclic amines) is 1. The largest absolute Gasteiger partial charge is 0.322 e. The van der Waals surface area contributed by atoms with Gasteiger partial charge in [-0.05, 0) is 67.6 Å². The summed E-state index contributed by atoms with van der Waals surface area (Å²) < 4.78 is 0. The zero-order chi connectivity index (χ0) is 23.8. The number of aryl methyl sites for hydroxylation is 1. The van der Waals surface area contributed by atoms with Crippen LogP contribution >= 0.6 is 0 Å². The van der Waals surface area contributed by atoms with Crippen molar-refractivity contribution in [1.82, 2.24) is 25.0 Å². The summed E-state index contributed by atoms with van der Waals surface area (Å²) in [5.41, 5.74) is 7.19. The van der Waals surface area contributed by atoms with Crippen molar-refractivity contribution in [2.45, 2.75) is 32.9 Å². The Hall–Kier alpha value is -3.71. The lowest BCUT2D eigenvalue weighted by Crippen LogP contribution is -2.45. The number of pyridine rings is 1. The normalized spacial score (nSPS) is 18.5. The lowest BCUT2D eigenvalue weighted by molar-refractivity contribution is 0.133. The maximum Gasteiger partial charge on any atom is 0.322 e. The second-order valence-corrected chi connectivity index (χ2v) is 9.85. The second kappa shape index (κ2) is 9.15. The van der Waals surface area contributed by atoms with Crippen molar-refractivity contribution in [2.24, 2.45) is 5.92 Å². The highest BCUT2D eigenvalue weighted by molar-refractivity contribution is 6.00. The number of urea groups is 1. The van der Waals surface area contributed by atoms with Crippen molar-refractivity contribution in [1.29, 1.82) is 0 Å². The van der Waals surface area contributed by atoms with Crippen molar-refractivity contribution < 1.29 is 4.79 Å². The highest BCUT2D eigenvalue weighted by atomic mass is 16.2. The second-order valence-electron chi connectivity index (χ2n) is 9.85. The van der Waals surface area contributed by atoms with Gasteiger partial charge >= 0.3 is 6.03 Å². The molecule has 35 heavy (non-hydrogen) atoms. The van der Waals surface area contributed by atoms with E-state index in [0.29, 0.717) is 12.5 Å². The van der Waals surface area contributed by atoms with Crippen LogP contribution in [0, 0.1) is 12.8 Å². The van der Waals surface area contributed by atoms with Gasteiger partial charge in [0.15, 0.2) is 0 Å². The summed E-state index contributed by atoms with van der Waals surface area (Å²) >= 11 is 0. The summed E-state index contributed by atoms with van der Waals surface area (Å²) in [6, 6.07) is 18.9. The number of aromatic amines is 1. The lowest BCUT2D eigenvalue weighted by Gasteiger charge is -2.37. The van der Waals surface area contributed by atoms with Crippen LogP contribution in [0.4, 0.5) is 10.5 Å². The molecule has 0 spiro atoms. The highest BCUT2D eigenvalue weighted by Crippen LogP contribution is 2.34. The van der Waals surface area contributed by atoms with Crippen LogP contribution in [0.15, 0.2) is 60.8 Å². The lowest BCUT2D eigenvalue weighted by atomic mass is 9.96. The molecule has 4 aromatic rings. The molecule has 2 aliphatic heterocycles. The third-order valence-electron chi connectivity index (χ3n) is 7.18. The van der Waals surface area contributed by atoms with Gasteiger partial charge in [0.25, 0.3) is 0 Å². The molecule has 0 bridgehead atoms. The minimum Gasteiger partial charge on any atom is -0.320 e. The minimum absolute atomic E-state index is 0.0125. The molecular formula is C28H30N6O. The van der Waals surface area contributed by atoms with E-state index in [1.165, 1.54) is 12.0 Å². The van der Waals surface area contributed by atoms with Crippen LogP contribution in [0.3, 0.4) is 0 Å². The summed E-state index contributed by atoms with van der Waals surface area (Å²) in [5, 5.41) is 11.9. The molecule has 0 aliphatic carbocycles. The van der Waals surface area contributed by atoms with Crippen LogP contribution < -0.4 is 5.32 Å². The zero-order valence-electron chi connectivity index (χ0n) is 20.0. The van der Waals surface area contributed by atoms with E-state index in [-0.39, 0.29) is 6.03 Å². The predicted molar refractivity (Wildman–Crippen MR) is 138 cm³/mol. The number of carbonyl (C=O) groups excluding carboxylic acids is 1. The molecule has 0 radical (unpaired) electrons. The van der Waals surface area contributed by atoms with E-state index in [4.69, 9.17) is 0 Å². The zero-order valence-corrected chi connectivity index (χ0v) is 20.0. The number of amides is 2. The number of rotatable bonds is 5. The van der Waals surface area contributed by atoms with Crippen LogP contribution in [-0.4, -0.2) is 50.6 Å². The molecule has 2 amide bonds. The molecule has 1 atom stereocenters. The first kappa shape index (κ1) is 21.8. The van der Waals surface area contributed by atoms with Gasteiger partial charge in [-0.15, -0.1) is 0 Å². The van der Waals surface area contributed by atoms with Crippen LogP contribution in [-0.2, 0) is 13.1 Å². The van der Waals surface area contributed by atoms with Gasteiger partial charge in [0, 0.05) is 54.7 Å². The number of fused-ring (bicyclic) bond motifs is 2. The Kier molecular flexibility index (Phi) is 5.70. The third kappa shape index (κ3) is 4.51. The van der Waals surface area contributed by atoms with Crippen molar-refractivity contribution >= 4 is 22.6 Å². The van der Waals surface area contributed by atoms with E-state index in [1.807, 2.05) is 36.2 Å². The number of hydrogen-bond donors (Lipinski definition) is 2. The number of H-pyrrole nitrogens is 1. The van der Waals surface area contributed by atoms with E-state index in [2.05, 4.69) is 61.8 Å². The van der Waals surface area contributed by atoms with E-state index in [0.717, 1.165) is 71.7 Å². The molecule has 2 aromatic heterocycles. The van der Waals surface area contributed by atoms with Crippen molar-refractivity contribution in [2.75, 3.05) is 25.0 Å². The van der Waals surface area contributed by atoms with Crippen LogP contribution in [0.25, 0.3) is 22.2 Å². The van der Waals surface area contributed by atoms with Gasteiger partial charge < -0.3 is 10.2 Å². The van der Waals surface area contributed by atoms with Crippen molar-refractivity contribution in [3.05, 3.63) is 77.6 Å². The Labute approximate surface area is 205 Å². The molecule has 7 nitrogen and oxygen atoms in total. The van der Waals surface area contributed by atoms with Gasteiger partial charge in [-0.1, -0.05) is 30.3 Å². The number of anilines is 1. The highest BCUT2D eigenvalue weighted by Gasteiger charge is 2.28. The first-order valence-electron chi connectivity index (χ1n) is 12.4. The monoisotopic (exact) mass is 466 g/mol. The number of carbonyl (C=O) groups is 1. The molecule has 2 aromatic carbocycles. The molecule has 2 aliphatic rings. The van der Waals surface area contributed by atoms with E-state index >= 15 is 0 Å². The van der Waals surface area contributed by atoms with Gasteiger partial charge in [-0.3, -0.25) is 15.0 Å². The maximum atomic E-state index is 13.0. The number of aromatic nitrogens is 3. The average Bonchev–Trinajstić information content (AvgIpc) is 3.27. The van der Waals surface area contributed by atoms with Crippen LogP contribution in [0.5, 0.6) is 0 Å². The minimum atomic E-state index is -0.0125. The molecule has 4 heterocycles. The van der Waals surface area contributed by atoms with E-state index in [9.17, 15) is 4.79 Å². The van der Waals surface area contributed by atoms with Gasteiger partial charge in [0.2, 0.25) is 0 Å². The van der Waals surface area contributed by atoms with E-state index in [1.54, 1.807) is 0 Å². The molecule has 2 N–H and O–H groups in total. The molecule has 178 valence electrons. The smallest absolute Gasteiger partial charge is 0.320 e. The fourth-order valence-corrected chi connectivity index (χ4v) is 5.49. The van der Waals surface area contributed by atoms with Crippen LogP contribution in [0.1, 0.15) is 29.7 Å². The quantitative estimate of drug-likeness (QED) is 0.424. The topological polar surface area (TPSA) is 77.2 Å². The van der Waals surface area contributed by atoms with E-state index < -0.39 is 0 Å². The fraction of sp³-hybridized carbons (Fsp3) is 0.321. The number of hydrogen-bond acceptors (Lipinski definition) is 4. The Bertz CT molecular complexity index is 1360. The van der Waals surface area contributed by atoms with Crippen LogP contribution in [0.2, 0.25) is 0 Å². The standard InChI is InChI=1S/C28H30N6O/c1-19-12-22(9-10-29-19)27-24-13-23-18-34(28(35)30-25(23)14-26(24)31-32-27)17-21-8-5-11-33(16-21)15-20-6-3-2-4-7-20/h2-4,6-7,9-10,12-14,21H,5,8,11,15-18H2,1H3,(H,30,35)(H,31,32). The maximum absolute atomic E-state index is 13.0. The SMILES string of the molecule is Cc1cc(-c2n[nH]c3cc4c(cc23)CN(CC2CCCN(Cc3ccccc3)C2)C(=O)N4)ccn1. The summed E-state index contributed by atoms with van der Waals surface area (Å²) in [5.74, 6) is 0.479.